The number of hydrogen-bond acceptors (Lipinski definition) is 6. The summed E-state index contributed by atoms with van der Waals surface area (Å²) in [5, 5.41) is 2.92. The van der Waals surface area contributed by atoms with Crippen molar-refractivity contribution in [3.05, 3.63) is 90.9 Å². The largest absolute Gasteiger partial charge is 0.491 e. The molecule has 9 heteroatoms. The van der Waals surface area contributed by atoms with E-state index < -0.39 is 11.9 Å². The summed E-state index contributed by atoms with van der Waals surface area (Å²) in [5.41, 5.74) is 0.981. The summed E-state index contributed by atoms with van der Waals surface area (Å²) in [6, 6.07) is 9.91. The van der Waals surface area contributed by atoms with E-state index in [2.05, 4.69) is 26.8 Å². The van der Waals surface area contributed by atoms with Gasteiger partial charge in [-0.25, -0.2) is 9.97 Å². The average molecular weight is 487 g/mol. The van der Waals surface area contributed by atoms with Gasteiger partial charge in [0.15, 0.2) is 5.82 Å². The van der Waals surface area contributed by atoms with Crippen LogP contribution in [0.25, 0.3) is 11.4 Å². The number of rotatable bonds is 8. The quantitative estimate of drug-likeness (QED) is 0.345. The van der Waals surface area contributed by atoms with Crippen LogP contribution in [0.2, 0.25) is 0 Å². The molecule has 0 spiro atoms. The third kappa shape index (κ3) is 9.87. The first-order valence-corrected chi connectivity index (χ1v) is 10.9. The first-order chi connectivity index (χ1) is 16.6. The molecule has 0 unspecified atom stereocenters. The molecule has 0 aliphatic heterocycles. The van der Waals surface area contributed by atoms with Crippen molar-refractivity contribution in [3.8, 4) is 17.1 Å². The van der Waals surface area contributed by atoms with Gasteiger partial charge in [0.1, 0.15) is 11.4 Å². The smallest absolute Gasteiger partial charge is 0.433 e. The van der Waals surface area contributed by atoms with Crippen LogP contribution < -0.4 is 10.1 Å². The number of allylic oxidation sites excluding steroid dienone is 2. The van der Waals surface area contributed by atoms with Gasteiger partial charge in [0.05, 0.1) is 18.1 Å². The SMILES string of the molecule is C=C(C)O/C=C/C.CC(C)Oc1ccc(-c2ncc(CNc3ccnc(C(F)(F)F)c3)cn2)cc1. The molecule has 0 amide bonds. The second-order valence-corrected chi connectivity index (χ2v) is 7.68. The number of hydrogen-bond donors (Lipinski definition) is 1. The van der Waals surface area contributed by atoms with E-state index in [1.807, 2.05) is 51.1 Å². The third-order valence-electron chi connectivity index (χ3n) is 4.14. The van der Waals surface area contributed by atoms with Crippen LogP contribution >= 0.6 is 0 Å². The lowest BCUT2D eigenvalue weighted by Crippen LogP contribution is -2.09. The maximum atomic E-state index is 12.7. The van der Waals surface area contributed by atoms with Gasteiger partial charge in [0.25, 0.3) is 0 Å². The number of nitrogens with zero attached hydrogens (tertiary/aromatic N) is 3. The number of aromatic nitrogens is 3. The van der Waals surface area contributed by atoms with Crippen LogP contribution in [0.5, 0.6) is 5.75 Å². The van der Waals surface area contributed by atoms with E-state index in [9.17, 15) is 13.2 Å². The Labute approximate surface area is 203 Å². The lowest BCUT2D eigenvalue weighted by atomic mass is 10.2. The van der Waals surface area contributed by atoms with Crippen LogP contribution in [0.4, 0.5) is 18.9 Å². The molecule has 35 heavy (non-hydrogen) atoms. The Hall–Kier alpha value is -3.88. The van der Waals surface area contributed by atoms with Gasteiger partial charge in [-0.2, -0.15) is 13.2 Å². The minimum absolute atomic E-state index is 0.0986. The Bertz CT molecular complexity index is 1100. The molecular weight excluding hydrogens is 457 g/mol. The van der Waals surface area contributed by atoms with Crippen molar-refractivity contribution in [1.82, 2.24) is 15.0 Å². The van der Waals surface area contributed by atoms with E-state index in [4.69, 9.17) is 9.47 Å². The molecule has 0 saturated carbocycles. The molecule has 0 radical (unpaired) electrons. The maximum absolute atomic E-state index is 12.7. The highest BCUT2D eigenvalue weighted by molar-refractivity contribution is 5.56. The van der Waals surface area contributed by atoms with Crippen molar-refractivity contribution in [2.45, 2.75) is 46.5 Å². The van der Waals surface area contributed by atoms with Crippen molar-refractivity contribution in [3.63, 3.8) is 0 Å². The molecule has 186 valence electrons. The van der Waals surface area contributed by atoms with Gasteiger partial charge in [-0.05, 0) is 64.1 Å². The van der Waals surface area contributed by atoms with Crippen molar-refractivity contribution in [2.75, 3.05) is 5.32 Å². The molecule has 0 fully saturated rings. The molecule has 0 saturated heterocycles. The molecule has 0 atom stereocenters. The van der Waals surface area contributed by atoms with Crippen molar-refractivity contribution < 1.29 is 22.6 Å². The summed E-state index contributed by atoms with van der Waals surface area (Å²) in [6.45, 7) is 11.4. The highest BCUT2D eigenvalue weighted by Gasteiger charge is 2.32. The lowest BCUT2D eigenvalue weighted by molar-refractivity contribution is -0.141. The van der Waals surface area contributed by atoms with E-state index >= 15 is 0 Å². The van der Waals surface area contributed by atoms with Crippen LogP contribution in [0.1, 0.15) is 39.0 Å². The van der Waals surface area contributed by atoms with E-state index in [1.165, 1.54) is 6.07 Å². The molecule has 1 aromatic carbocycles. The molecule has 2 heterocycles. The van der Waals surface area contributed by atoms with Crippen LogP contribution in [0.3, 0.4) is 0 Å². The molecule has 0 aliphatic rings. The lowest BCUT2D eigenvalue weighted by Gasteiger charge is -2.10. The Morgan fingerprint density at radius 1 is 1.09 bits per heavy atom. The second kappa shape index (κ2) is 13.1. The summed E-state index contributed by atoms with van der Waals surface area (Å²) < 4.78 is 48.5. The highest BCUT2D eigenvalue weighted by Crippen LogP contribution is 2.29. The van der Waals surface area contributed by atoms with Gasteiger partial charge in [-0.3, -0.25) is 4.98 Å². The van der Waals surface area contributed by atoms with Crippen molar-refractivity contribution in [2.24, 2.45) is 0 Å². The Balaban J connectivity index is 0.000000540. The number of pyridine rings is 1. The summed E-state index contributed by atoms with van der Waals surface area (Å²) in [4.78, 5) is 12.0. The molecule has 1 N–H and O–H groups in total. The normalized spacial score (nSPS) is 11.1. The van der Waals surface area contributed by atoms with Gasteiger partial charge in [-0.15, -0.1) is 0 Å². The molecule has 0 bridgehead atoms. The van der Waals surface area contributed by atoms with Gasteiger partial charge in [0.2, 0.25) is 0 Å². The van der Waals surface area contributed by atoms with Crippen molar-refractivity contribution in [1.29, 1.82) is 0 Å². The first kappa shape index (κ1) is 27.4. The number of ether oxygens (including phenoxy) is 2. The minimum atomic E-state index is -4.47. The predicted molar refractivity (Wildman–Crippen MR) is 131 cm³/mol. The molecule has 3 rings (SSSR count). The zero-order valence-electron chi connectivity index (χ0n) is 20.1. The van der Waals surface area contributed by atoms with Crippen LogP contribution in [0, 0.1) is 0 Å². The van der Waals surface area contributed by atoms with E-state index in [0.717, 1.165) is 34.9 Å². The number of anilines is 1. The summed E-state index contributed by atoms with van der Waals surface area (Å²) >= 11 is 0. The van der Waals surface area contributed by atoms with Gasteiger partial charge in [0, 0.05) is 41.9 Å². The number of nitrogens with one attached hydrogen (secondary N) is 1. The monoisotopic (exact) mass is 486 g/mol. The average Bonchev–Trinajstić information content (AvgIpc) is 2.82. The predicted octanol–water partition coefficient (Wildman–Crippen LogP) is 7.03. The molecular formula is C26H29F3N4O2. The minimum Gasteiger partial charge on any atom is -0.491 e. The topological polar surface area (TPSA) is 69.2 Å². The molecule has 2 aromatic heterocycles. The summed E-state index contributed by atoms with van der Waals surface area (Å²) in [6.07, 6.45) is 3.44. The van der Waals surface area contributed by atoms with Gasteiger partial charge in [-0.1, -0.05) is 12.7 Å². The highest BCUT2D eigenvalue weighted by atomic mass is 19.4. The molecule has 0 aliphatic carbocycles. The second-order valence-electron chi connectivity index (χ2n) is 7.68. The Kier molecular flexibility index (Phi) is 10.3. The molecule has 3 aromatic rings. The van der Waals surface area contributed by atoms with Crippen LogP contribution in [0.15, 0.2) is 79.7 Å². The summed E-state index contributed by atoms with van der Waals surface area (Å²) in [7, 11) is 0. The van der Waals surface area contributed by atoms with Crippen molar-refractivity contribution >= 4 is 5.69 Å². The van der Waals surface area contributed by atoms with Crippen LogP contribution in [-0.2, 0) is 17.5 Å². The van der Waals surface area contributed by atoms with Crippen LogP contribution in [-0.4, -0.2) is 21.1 Å². The Morgan fingerprint density at radius 2 is 1.74 bits per heavy atom. The fourth-order valence-corrected chi connectivity index (χ4v) is 2.63. The Morgan fingerprint density at radius 3 is 2.26 bits per heavy atom. The van der Waals surface area contributed by atoms with Gasteiger partial charge >= 0.3 is 6.18 Å². The third-order valence-corrected chi connectivity index (χ3v) is 4.14. The van der Waals surface area contributed by atoms with E-state index in [0.29, 0.717) is 18.1 Å². The van der Waals surface area contributed by atoms with E-state index in [-0.39, 0.29) is 6.10 Å². The fourth-order valence-electron chi connectivity index (χ4n) is 2.63. The fraction of sp³-hybridized carbons (Fsp3) is 0.269. The first-order valence-electron chi connectivity index (χ1n) is 10.9. The number of alkyl halides is 3. The summed E-state index contributed by atoms with van der Waals surface area (Å²) in [5.74, 6) is 2.05. The number of benzene rings is 1. The van der Waals surface area contributed by atoms with E-state index in [1.54, 1.807) is 25.6 Å². The number of halogens is 3. The standard InChI is InChI=1S/C20H19F3N4O.C6H10O/c1-13(2)28-17-5-3-15(4-6-17)19-26-11-14(12-27-19)10-25-16-7-8-24-18(9-16)20(21,22)23;1-4-5-7-6(2)3/h3-9,11-13H,10H2,1-2H3,(H,24,25);4-5H,2H2,1,3H3/b;5-4+. The zero-order chi connectivity index (χ0) is 25.8. The van der Waals surface area contributed by atoms with Gasteiger partial charge < -0.3 is 14.8 Å². The molecule has 6 nitrogen and oxygen atoms in total. The maximum Gasteiger partial charge on any atom is 0.433 e. The zero-order valence-corrected chi connectivity index (χ0v) is 20.1.